The first-order valence-electron chi connectivity index (χ1n) is 7.12. The molecule has 1 aliphatic rings. The van der Waals surface area contributed by atoms with E-state index in [9.17, 15) is 10.2 Å². The van der Waals surface area contributed by atoms with Crippen LogP contribution in [0.5, 0.6) is 0 Å². The van der Waals surface area contributed by atoms with Gasteiger partial charge in [0.25, 0.3) is 0 Å². The van der Waals surface area contributed by atoms with Crippen molar-refractivity contribution in [2.75, 3.05) is 25.6 Å². The Kier molecular flexibility index (Phi) is 4.21. The van der Waals surface area contributed by atoms with E-state index in [0.29, 0.717) is 23.6 Å². The van der Waals surface area contributed by atoms with Gasteiger partial charge >= 0.3 is 0 Å². The highest BCUT2D eigenvalue weighted by atomic mass is 16.6. The number of anilines is 1. The number of fused-ring (bicyclic) bond motifs is 1. The summed E-state index contributed by atoms with van der Waals surface area (Å²) in [5, 5.41) is 22.5. The van der Waals surface area contributed by atoms with Crippen LogP contribution in [-0.2, 0) is 9.47 Å². The summed E-state index contributed by atoms with van der Waals surface area (Å²) in [5.41, 5.74) is 1.17. The first kappa shape index (κ1) is 15.1. The van der Waals surface area contributed by atoms with Crippen LogP contribution in [-0.4, -0.2) is 68.3 Å². The largest absolute Gasteiger partial charge is 0.394 e. The lowest BCUT2D eigenvalue weighted by Crippen LogP contribution is -2.35. The monoisotopic (exact) mass is 309 g/mol. The molecule has 1 saturated heterocycles. The van der Waals surface area contributed by atoms with Crippen LogP contribution in [0.2, 0.25) is 0 Å². The van der Waals surface area contributed by atoms with Crippen LogP contribution >= 0.6 is 0 Å². The summed E-state index contributed by atoms with van der Waals surface area (Å²) < 4.78 is 13.0. The number of hydrogen-bond donors (Lipinski definition) is 3. The Morgan fingerprint density at radius 3 is 2.91 bits per heavy atom. The molecule has 0 bridgehead atoms. The van der Waals surface area contributed by atoms with Crippen molar-refractivity contribution in [3.8, 4) is 0 Å². The van der Waals surface area contributed by atoms with Crippen LogP contribution in [0.3, 0.4) is 0 Å². The summed E-state index contributed by atoms with van der Waals surface area (Å²) in [6, 6.07) is 0. The van der Waals surface area contributed by atoms with Crippen LogP contribution in [0.25, 0.3) is 11.2 Å². The molecule has 2 aromatic rings. The normalized spacial score (nSPS) is 28.4. The molecule has 1 aliphatic heterocycles. The molecule has 9 heteroatoms. The van der Waals surface area contributed by atoms with E-state index in [1.807, 2.05) is 6.92 Å². The Hall–Kier alpha value is -1.81. The van der Waals surface area contributed by atoms with E-state index in [4.69, 9.17) is 9.47 Å². The number of ether oxygens (including phenoxy) is 2. The first-order valence-corrected chi connectivity index (χ1v) is 7.12. The SMILES string of the molecule is CCOC1C(O)[C@@H](CO)O[C@H]1n1cnc2c(NC)ncnc21. The number of aliphatic hydroxyl groups excluding tert-OH is 2. The standard InChI is InChI=1S/C13H19N5O4/c1-3-21-10-9(20)7(4-19)22-13(10)18-6-17-8-11(14-2)15-5-16-12(8)18/h5-7,9-10,13,19-20H,3-4H2,1-2H3,(H,14,15,16)/t7-,9?,10?,13-/m1/s1. The molecule has 0 spiro atoms. The molecule has 0 radical (unpaired) electrons. The third-order valence-electron chi connectivity index (χ3n) is 3.72. The second-order valence-electron chi connectivity index (χ2n) is 4.95. The Balaban J connectivity index is 2.02. The molecule has 9 nitrogen and oxygen atoms in total. The molecule has 2 aromatic heterocycles. The van der Waals surface area contributed by atoms with Crippen LogP contribution < -0.4 is 5.32 Å². The van der Waals surface area contributed by atoms with Crippen molar-refractivity contribution in [3.05, 3.63) is 12.7 Å². The molecule has 4 atom stereocenters. The summed E-state index contributed by atoms with van der Waals surface area (Å²) in [6.45, 7) is 1.97. The van der Waals surface area contributed by atoms with Crippen molar-refractivity contribution in [1.29, 1.82) is 0 Å². The topological polar surface area (TPSA) is 115 Å². The number of rotatable bonds is 5. The molecule has 3 rings (SSSR count). The smallest absolute Gasteiger partial charge is 0.167 e. The zero-order valence-electron chi connectivity index (χ0n) is 12.4. The maximum Gasteiger partial charge on any atom is 0.167 e. The molecule has 0 amide bonds. The summed E-state index contributed by atoms with van der Waals surface area (Å²) >= 11 is 0. The van der Waals surface area contributed by atoms with Crippen molar-refractivity contribution >= 4 is 17.0 Å². The van der Waals surface area contributed by atoms with Gasteiger partial charge in [0.2, 0.25) is 0 Å². The first-order chi connectivity index (χ1) is 10.7. The van der Waals surface area contributed by atoms with Gasteiger partial charge in [0.1, 0.15) is 30.2 Å². The molecule has 120 valence electrons. The van der Waals surface area contributed by atoms with Crippen molar-refractivity contribution in [2.24, 2.45) is 0 Å². The number of nitrogens with zero attached hydrogens (tertiary/aromatic N) is 4. The molecule has 3 heterocycles. The highest BCUT2D eigenvalue weighted by Crippen LogP contribution is 2.33. The van der Waals surface area contributed by atoms with Gasteiger partial charge in [-0.2, -0.15) is 0 Å². The minimum absolute atomic E-state index is 0.287. The van der Waals surface area contributed by atoms with Crippen LogP contribution in [0.1, 0.15) is 13.2 Å². The molecule has 0 aromatic carbocycles. The maximum atomic E-state index is 10.2. The molecule has 3 N–H and O–H groups in total. The number of aliphatic hydroxyl groups is 2. The van der Waals surface area contributed by atoms with Gasteiger partial charge in [0.15, 0.2) is 17.7 Å². The summed E-state index contributed by atoms with van der Waals surface area (Å²) in [4.78, 5) is 12.6. The quantitative estimate of drug-likeness (QED) is 0.679. The van der Waals surface area contributed by atoms with Gasteiger partial charge < -0.3 is 25.0 Å². The van der Waals surface area contributed by atoms with Crippen molar-refractivity contribution in [2.45, 2.75) is 31.5 Å². The van der Waals surface area contributed by atoms with Crippen molar-refractivity contribution in [1.82, 2.24) is 19.5 Å². The number of imidazole rings is 1. The van der Waals surface area contributed by atoms with E-state index < -0.39 is 24.5 Å². The molecule has 1 fully saturated rings. The van der Waals surface area contributed by atoms with Crippen LogP contribution in [0.15, 0.2) is 12.7 Å². The summed E-state index contributed by atoms with van der Waals surface area (Å²) in [5.74, 6) is 0.606. The fourth-order valence-corrected chi connectivity index (χ4v) is 2.69. The van der Waals surface area contributed by atoms with Gasteiger partial charge in [-0.05, 0) is 6.92 Å². The third kappa shape index (κ3) is 2.31. The van der Waals surface area contributed by atoms with E-state index in [1.54, 1.807) is 17.9 Å². The predicted molar refractivity (Wildman–Crippen MR) is 77.3 cm³/mol. The maximum absolute atomic E-state index is 10.2. The summed E-state index contributed by atoms with van der Waals surface area (Å²) in [6.07, 6.45) is 0.159. The van der Waals surface area contributed by atoms with E-state index >= 15 is 0 Å². The highest BCUT2D eigenvalue weighted by molar-refractivity contribution is 5.82. The van der Waals surface area contributed by atoms with Gasteiger partial charge in [-0.1, -0.05) is 0 Å². The molecule has 0 aliphatic carbocycles. The van der Waals surface area contributed by atoms with E-state index in [-0.39, 0.29) is 6.61 Å². The van der Waals surface area contributed by atoms with Crippen LogP contribution in [0, 0.1) is 0 Å². The number of aromatic nitrogens is 4. The van der Waals surface area contributed by atoms with Gasteiger partial charge in [0, 0.05) is 13.7 Å². The van der Waals surface area contributed by atoms with E-state index in [1.165, 1.54) is 6.33 Å². The highest BCUT2D eigenvalue weighted by Gasteiger charge is 2.45. The minimum atomic E-state index is -0.919. The fourth-order valence-electron chi connectivity index (χ4n) is 2.69. The van der Waals surface area contributed by atoms with E-state index in [2.05, 4.69) is 20.3 Å². The Labute approximate surface area is 126 Å². The summed E-state index contributed by atoms with van der Waals surface area (Å²) in [7, 11) is 1.75. The molecule has 22 heavy (non-hydrogen) atoms. The second-order valence-corrected chi connectivity index (χ2v) is 4.95. The zero-order chi connectivity index (χ0) is 15.7. The van der Waals surface area contributed by atoms with E-state index in [0.717, 1.165) is 0 Å². The van der Waals surface area contributed by atoms with Gasteiger partial charge in [-0.25, -0.2) is 15.0 Å². The molecule has 2 unspecified atom stereocenters. The van der Waals surface area contributed by atoms with Gasteiger partial charge in [0.05, 0.1) is 12.9 Å². The number of hydrogen-bond acceptors (Lipinski definition) is 8. The lowest BCUT2D eigenvalue weighted by atomic mass is 10.1. The van der Waals surface area contributed by atoms with Crippen LogP contribution in [0.4, 0.5) is 5.82 Å². The average Bonchev–Trinajstić information content (AvgIpc) is 3.09. The lowest BCUT2D eigenvalue weighted by molar-refractivity contribution is -0.0676. The fraction of sp³-hybridized carbons (Fsp3) is 0.615. The molecular weight excluding hydrogens is 290 g/mol. The molecular formula is C13H19N5O4. The van der Waals surface area contributed by atoms with Gasteiger partial charge in [-0.15, -0.1) is 0 Å². The Morgan fingerprint density at radius 1 is 1.41 bits per heavy atom. The molecule has 0 saturated carbocycles. The zero-order valence-corrected chi connectivity index (χ0v) is 12.4. The predicted octanol–water partition coefficient (Wildman–Crippen LogP) is -0.476. The third-order valence-corrected chi connectivity index (χ3v) is 3.72. The lowest BCUT2D eigenvalue weighted by Gasteiger charge is -2.21. The Bertz CT molecular complexity index is 648. The number of nitrogens with one attached hydrogen (secondary N) is 1. The Morgan fingerprint density at radius 2 is 2.23 bits per heavy atom. The average molecular weight is 309 g/mol. The minimum Gasteiger partial charge on any atom is -0.394 e. The van der Waals surface area contributed by atoms with Crippen molar-refractivity contribution < 1.29 is 19.7 Å². The van der Waals surface area contributed by atoms with Crippen molar-refractivity contribution in [3.63, 3.8) is 0 Å². The second kappa shape index (κ2) is 6.13. The van der Waals surface area contributed by atoms with Gasteiger partial charge in [-0.3, -0.25) is 4.57 Å².